The van der Waals surface area contributed by atoms with Crippen molar-refractivity contribution < 1.29 is 19.4 Å². The highest BCUT2D eigenvalue weighted by Gasteiger charge is 2.32. The number of nitriles is 1. The topological polar surface area (TPSA) is 111 Å². The molecule has 0 spiro atoms. The first-order valence-electron chi connectivity index (χ1n) is 6.33. The van der Waals surface area contributed by atoms with Gasteiger partial charge >= 0.3 is 12.0 Å². The van der Waals surface area contributed by atoms with Gasteiger partial charge in [0.05, 0.1) is 24.8 Å². The van der Waals surface area contributed by atoms with Crippen LogP contribution in [0.15, 0.2) is 24.3 Å². The van der Waals surface area contributed by atoms with Crippen molar-refractivity contribution in [2.24, 2.45) is 0 Å². The summed E-state index contributed by atoms with van der Waals surface area (Å²) in [4.78, 5) is 23.1. The van der Waals surface area contributed by atoms with Crippen LogP contribution in [0.5, 0.6) is 0 Å². The molecule has 2 amide bonds. The molecule has 112 valence electrons. The maximum atomic E-state index is 11.6. The van der Waals surface area contributed by atoms with Crippen LogP contribution in [0.3, 0.4) is 0 Å². The summed E-state index contributed by atoms with van der Waals surface area (Å²) < 4.78 is 4.69. The van der Waals surface area contributed by atoms with Crippen LogP contribution in [0.25, 0.3) is 0 Å². The predicted molar refractivity (Wildman–Crippen MR) is 75.4 cm³/mol. The lowest BCUT2D eigenvalue weighted by Crippen LogP contribution is -2.48. The molecule has 0 saturated heterocycles. The molecular weight excluding hydrogens is 274 g/mol. The molecule has 1 aromatic rings. The van der Waals surface area contributed by atoms with E-state index >= 15 is 0 Å². The van der Waals surface area contributed by atoms with Crippen molar-refractivity contribution in [2.45, 2.75) is 19.4 Å². The fourth-order valence-electron chi connectivity index (χ4n) is 1.41. The number of carbonyl (C=O) groups excluding carboxylic acids is 2. The summed E-state index contributed by atoms with van der Waals surface area (Å²) in [6.45, 7) is 2.74. The molecule has 0 radical (unpaired) electrons. The fraction of sp³-hybridized carbons (Fsp3) is 0.357. The minimum Gasteiger partial charge on any atom is -0.464 e. The third-order valence-electron chi connectivity index (χ3n) is 2.58. The Labute approximate surface area is 122 Å². The molecule has 3 N–H and O–H groups in total. The molecule has 0 bridgehead atoms. The molecular formula is C14H17N3O4. The van der Waals surface area contributed by atoms with E-state index in [0.29, 0.717) is 11.3 Å². The summed E-state index contributed by atoms with van der Waals surface area (Å²) >= 11 is 0. The number of esters is 1. The Morgan fingerprint density at radius 2 is 2.00 bits per heavy atom. The second-order valence-electron chi connectivity index (χ2n) is 4.49. The minimum atomic E-state index is -1.79. The number of amides is 2. The molecule has 1 atom stereocenters. The summed E-state index contributed by atoms with van der Waals surface area (Å²) in [5.41, 5.74) is -0.827. The Morgan fingerprint density at radius 1 is 1.38 bits per heavy atom. The van der Waals surface area contributed by atoms with Crippen LogP contribution in [-0.2, 0) is 9.53 Å². The summed E-state index contributed by atoms with van der Waals surface area (Å²) in [5.74, 6) is -0.802. The second-order valence-corrected chi connectivity index (χ2v) is 4.49. The van der Waals surface area contributed by atoms with Crippen LogP contribution < -0.4 is 10.6 Å². The van der Waals surface area contributed by atoms with E-state index in [9.17, 15) is 14.7 Å². The molecule has 1 rings (SSSR count). The largest absolute Gasteiger partial charge is 0.464 e. The first-order valence-corrected chi connectivity index (χ1v) is 6.33. The molecule has 0 aliphatic rings. The lowest BCUT2D eigenvalue weighted by Gasteiger charge is -2.21. The second kappa shape index (κ2) is 7.26. The number of rotatable bonds is 5. The number of carbonyl (C=O) groups is 2. The van der Waals surface area contributed by atoms with E-state index in [1.165, 1.54) is 6.92 Å². The van der Waals surface area contributed by atoms with Crippen LogP contribution in [-0.4, -0.2) is 35.9 Å². The Balaban J connectivity index is 2.50. The highest BCUT2D eigenvalue weighted by Crippen LogP contribution is 2.09. The molecule has 7 nitrogen and oxygen atoms in total. The van der Waals surface area contributed by atoms with Gasteiger partial charge in [0.15, 0.2) is 5.60 Å². The number of ether oxygens (including phenoxy) is 1. The third kappa shape index (κ3) is 5.12. The zero-order valence-corrected chi connectivity index (χ0v) is 11.8. The minimum absolute atomic E-state index is 0.145. The van der Waals surface area contributed by atoms with Gasteiger partial charge in [-0.15, -0.1) is 0 Å². The standard InChI is InChI=1S/C14H17N3O4/c1-3-21-12(18)14(2,20)9-16-13(19)17-11-6-4-10(8-15)5-7-11/h4-7,20H,3,9H2,1-2H3,(H2,16,17,19). The number of hydrogen-bond acceptors (Lipinski definition) is 5. The predicted octanol–water partition coefficient (Wildman–Crippen LogP) is 0.994. The summed E-state index contributed by atoms with van der Waals surface area (Å²) in [6, 6.07) is 7.65. The van der Waals surface area contributed by atoms with Gasteiger partial charge in [0, 0.05) is 5.69 Å². The third-order valence-corrected chi connectivity index (χ3v) is 2.58. The Bertz CT molecular complexity index is 546. The summed E-state index contributed by atoms with van der Waals surface area (Å²) in [7, 11) is 0. The molecule has 0 aliphatic carbocycles. The monoisotopic (exact) mass is 291 g/mol. The van der Waals surface area contributed by atoms with E-state index in [2.05, 4.69) is 10.6 Å². The zero-order chi connectivity index (χ0) is 15.9. The Kier molecular flexibility index (Phi) is 5.69. The van der Waals surface area contributed by atoms with Gasteiger partial charge in [-0.3, -0.25) is 0 Å². The van der Waals surface area contributed by atoms with Crippen molar-refractivity contribution in [1.82, 2.24) is 5.32 Å². The van der Waals surface area contributed by atoms with Crippen molar-refractivity contribution in [2.75, 3.05) is 18.5 Å². The first kappa shape index (κ1) is 16.5. The molecule has 21 heavy (non-hydrogen) atoms. The molecule has 0 saturated carbocycles. The summed E-state index contributed by atoms with van der Waals surface area (Å²) in [5, 5.41) is 23.4. The van der Waals surface area contributed by atoms with E-state index < -0.39 is 17.6 Å². The average Bonchev–Trinajstić information content (AvgIpc) is 2.46. The number of nitrogens with zero attached hydrogens (tertiary/aromatic N) is 1. The highest BCUT2D eigenvalue weighted by atomic mass is 16.5. The molecule has 0 aromatic heterocycles. The van der Waals surface area contributed by atoms with Crippen LogP contribution in [0.4, 0.5) is 10.5 Å². The van der Waals surface area contributed by atoms with Crippen LogP contribution in [0, 0.1) is 11.3 Å². The van der Waals surface area contributed by atoms with E-state index in [-0.39, 0.29) is 13.2 Å². The lowest BCUT2D eigenvalue weighted by molar-refractivity contribution is -0.162. The summed E-state index contributed by atoms with van der Waals surface area (Å²) in [6.07, 6.45) is 0. The number of hydrogen-bond donors (Lipinski definition) is 3. The molecule has 0 fully saturated rings. The van der Waals surface area contributed by atoms with Crippen molar-refractivity contribution >= 4 is 17.7 Å². The van der Waals surface area contributed by atoms with E-state index in [1.54, 1.807) is 31.2 Å². The van der Waals surface area contributed by atoms with Gasteiger partial charge in [-0.1, -0.05) is 0 Å². The van der Waals surface area contributed by atoms with E-state index in [4.69, 9.17) is 10.00 Å². The number of anilines is 1. The SMILES string of the molecule is CCOC(=O)C(C)(O)CNC(=O)Nc1ccc(C#N)cc1. The number of urea groups is 1. The van der Waals surface area contributed by atoms with Gasteiger partial charge < -0.3 is 20.5 Å². The normalized spacial score (nSPS) is 12.7. The van der Waals surface area contributed by atoms with Gasteiger partial charge in [0.25, 0.3) is 0 Å². The zero-order valence-electron chi connectivity index (χ0n) is 11.8. The van der Waals surface area contributed by atoms with Crippen molar-refractivity contribution in [1.29, 1.82) is 5.26 Å². The smallest absolute Gasteiger partial charge is 0.339 e. The lowest BCUT2D eigenvalue weighted by atomic mass is 10.1. The van der Waals surface area contributed by atoms with Crippen molar-refractivity contribution in [3.05, 3.63) is 29.8 Å². The number of nitrogens with one attached hydrogen (secondary N) is 2. The maximum Gasteiger partial charge on any atom is 0.339 e. The molecule has 1 aromatic carbocycles. The van der Waals surface area contributed by atoms with Gasteiger partial charge in [0.2, 0.25) is 0 Å². The fourth-order valence-corrected chi connectivity index (χ4v) is 1.41. The van der Waals surface area contributed by atoms with Crippen LogP contribution in [0.2, 0.25) is 0 Å². The highest BCUT2D eigenvalue weighted by molar-refractivity contribution is 5.90. The Morgan fingerprint density at radius 3 is 2.52 bits per heavy atom. The van der Waals surface area contributed by atoms with Gasteiger partial charge in [0.1, 0.15) is 0 Å². The van der Waals surface area contributed by atoms with Gasteiger partial charge in [-0.2, -0.15) is 5.26 Å². The molecule has 0 heterocycles. The quantitative estimate of drug-likeness (QED) is 0.701. The molecule has 7 heteroatoms. The maximum absolute atomic E-state index is 11.6. The van der Waals surface area contributed by atoms with Crippen LogP contribution in [0.1, 0.15) is 19.4 Å². The number of benzene rings is 1. The Hall–Kier alpha value is -2.59. The number of aliphatic hydroxyl groups is 1. The molecule has 0 aliphatic heterocycles. The first-order chi connectivity index (χ1) is 9.89. The van der Waals surface area contributed by atoms with E-state index in [0.717, 1.165) is 0 Å². The van der Waals surface area contributed by atoms with Crippen molar-refractivity contribution in [3.63, 3.8) is 0 Å². The average molecular weight is 291 g/mol. The van der Waals surface area contributed by atoms with Crippen LogP contribution >= 0.6 is 0 Å². The van der Waals surface area contributed by atoms with E-state index in [1.807, 2.05) is 6.07 Å². The van der Waals surface area contributed by atoms with Gasteiger partial charge in [-0.25, -0.2) is 9.59 Å². The molecule has 1 unspecified atom stereocenters. The van der Waals surface area contributed by atoms with Gasteiger partial charge in [-0.05, 0) is 38.1 Å². The van der Waals surface area contributed by atoms with Crippen molar-refractivity contribution in [3.8, 4) is 6.07 Å².